The van der Waals surface area contributed by atoms with E-state index in [4.69, 9.17) is 14.5 Å². The zero-order valence-corrected chi connectivity index (χ0v) is 21.3. The van der Waals surface area contributed by atoms with Gasteiger partial charge >= 0.3 is 0 Å². The van der Waals surface area contributed by atoms with Crippen molar-refractivity contribution in [1.29, 1.82) is 0 Å². The molecule has 3 heterocycles. The highest BCUT2D eigenvalue weighted by molar-refractivity contribution is 14.0. The van der Waals surface area contributed by atoms with Crippen molar-refractivity contribution in [2.45, 2.75) is 32.7 Å². The summed E-state index contributed by atoms with van der Waals surface area (Å²) >= 11 is 1.85. The minimum atomic E-state index is 0. The molecule has 6 nitrogen and oxygen atoms in total. The fraction of sp³-hybridized carbons (Fsp3) is 0.522. The predicted octanol–water partition coefficient (Wildman–Crippen LogP) is 4.10. The minimum Gasteiger partial charge on any atom is -0.454 e. The molecule has 2 N–H and O–H groups in total. The number of halogens is 1. The highest BCUT2D eigenvalue weighted by Crippen LogP contribution is 2.32. The SMILES string of the molecule is CCNC(=NCC1CCCN(Cc2cccs2)C1)NCCc1ccc2c(c1)OCO2.I. The number of fused-ring (bicyclic) bond motifs is 1. The fourth-order valence-electron chi connectivity index (χ4n) is 4.05. The molecule has 0 spiro atoms. The number of guanidine groups is 1. The van der Waals surface area contributed by atoms with Crippen LogP contribution in [0.1, 0.15) is 30.2 Å². The maximum atomic E-state index is 5.47. The van der Waals surface area contributed by atoms with Crippen molar-refractivity contribution in [3.63, 3.8) is 0 Å². The van der Waals surface area contributed by atoms with Crippen LogP contribution in [0, 0.1) is 5.92 Å². The van der Waals surface area contributed by atoms with E-state index >= 15 is 0 Å². The Labute approximate surface area is 206 Å². The summed E-state index contributed by atoms with van der Waals surface area (Å²) in [5, 5.41) is 9.02. The van der Waals surface area contributed by atoms with Crippen molar-refractivity contribution in [3.05, 3.63) is 46.2 Å². The summed E-state index contributed by atoms with van der Waals surface area (Å²) in [4.78, 5) is 8.92. The Morgan fingerprint density at radius 1 is 1.23 bits per heavy atom. The second-order valence-electron chi connectivity index (χ2n) is 7.91. The topological polar surface area (TPSA) is 58.1 Å². The molecule has 0 amide bonds. The lowest BCUT2D eigenvalue weighted by molar-refractivity contribution is 0.172. The van der Waals surface area contributed by atoms with Gasteiger partial charge in [0.05, 0.1) is 0 Å². The quantitative estimate of drug-likeness (QED) is 0.291. The Bertz CT molecular complexity index is 831. The molecule has 1 saturated heterocycles. The van der Waals surface area contributed by atoms with Gasteiger partial charge in [0.25, 0.3) is 0 Å². The standard InChI is InChI=1S/C23H32N4O2S.HI/c1-2-24-23(25-10-9-18-7-8-21-22(13-18)29-17-28-21)26-14-19-5-3-11-27(15-19)16-20-6-4-12-30-20;/h4,6-8,12-13,19H,2-3,5,9-11,14-17H2,1H3,(H2,24,25,26);1H. The summed E-state index contributed by atoms with van der Waals surface area (Å²) in [7, 11) is 0. The molecule has 1 atom stereocenters. The molecular weight excluding hydrogens is 523 g/mol. The molecule has 1 unspecified atom stereocenters. The molecule has 0 bridgehead atoms. The molecule has 2 aromatic rings. The number of rotatable bonds is 8. The number of nitrogens with one attached hydrogen (secondary N) is 2. The third kappa shape index (κ3) is 7.25. The van der Waals surface area contributed by atoms with Gasteiger partial charge in [0.1, 0.15) is 0 Å². The first kappa shape index (κ1) is 24.1. The van der Waals surface area contributed by atoms with Gasteiger partial charge in [0.15, 0.2) is 17.5 Å². The number of thiophene rings is 1. The monoisotopic (exact) mass is 556 g/mol. The number of hydrogen-bond donors (Lipinski definition) is 2. The first-order chi connectivity index (χ1) is 14.8. The molecule has 31 heavy (non-hydrogen) atoms. The average molecular weight is 557 g/mol. The molecule has 0 radical (unpaired) electrons. The van der Waals surface area contributed by atoms with Crippen LogP contribution >= 0.6 is 35.3 Å². The van der Waals surface area contributed by atoms with Crippen molar-refractivity contribution in [2.24, 2.45) is 10.9 Å². The molecule has 170 valence electrons. The van der Waals surface area contributed by atoms with Crippen LogP contribution in [0.3, 0.4) is 0 Å². The lowest BCUT2D eigenvalue weighted by Gasteiger charge is -2.31. The van der Waals surface area contributed by atoms with Crippen molar-refractivity contribution in [2.75, 3.05) is 39.5 Å². The van der Waals surface area contributed by atoms with Gasteiger partial charge in [0.2, 0.25) is 6.79 Å². The van der Waals surface area contributed by atoms with E-state index in [2.05, 4.69) is 52.1 Å². The van der Waals surface area contributed by atoms with Gasteiger partial charge in [-0.2, -0.15) is 0 Å². The van der Waals surface area contributed by atoms with E-state index in [0.29, 0.717) is 12.7 Å². The fourth-order valence-corrected chi connectivity index (χ4v) is 4.80. The third-order valence-corrected chi connectivity index (χ3v) is 6.42. The zero-order chi connectivity index (χ0) is 20.6. The minimum absolute atomic E-state index is 0. The lowest BCUT2D eigenvalue weighted by Crippen LogP contribution is -2.40. The van der Waals surface area contributed by atoms with Gasteiger partial charge in [0, 0.05) is 37.6 Å². The summed E-state index contributed by atoms with van der Waals surface area (Å²) in [6, 6.07) is 10.5. The van der Waals surface area contributed by atoms with Gasteiger partial charge in [-0.15, -0.1) is 35.3 Å². The maximum absolute atomic E-state index is 5.47. The van der Waals surface area contributed by atoms with Crippen LogP contribution in [0.5, 0.6) is 11.5 Å². The van der Waals surface area contributed by atoms with Gasteiger partial charge in [-0.25, -0.2) is 0 Å². The van der Waals surface area contributed by atoms with Crippen LogP contribution in [0.4, 0.5) is 0 Å². The first-order valence-corrected chi connectivity index (χ1v) is 11.8. The molecule has 1 aromatic heterocycles. The van der Waals surface area contributed by atoms with Crippen molar-refractivity contribution in [3.8, 4) is 11.5 Å². The van der Waals surface area contributed by atoms with E-state index in [1.54, 1.807) is 0 Å². The highest BCUT2D eigenvalue weighted by atomic mass is 127. The summed E-state index contributed by atoms with van der Waals surface area (Å²) in [6.07, 6.45) is 3.44. The van der Waals surface area contributed by atoms with E-state index in [-0.39, 0.29) is 24.0 Å². The Balaban J connectivity index is 0.00000272. The normalized spacial score (nSPS) is 18.5. The van der Waals surface area contributed by atoms with Crippen molar-refractivity contribution in [1.82, 2.24) is 15.5 Å². The lowest BCUT2D eigenvalue weighted by atomic mass is 9.98. The Hall–Kier alpha value is -1.52. The van der Waals surface area contributed by atoms with Crippen molar-refractivity contribution >= 4 is 41.3 Å². The molecule has 1 aromatic carbocycles. The van der Waals surface area contributed by atoms with Crippen LogP contribution in [-0.4, -0.2) is 50.4 Å². The van der Waals surface area contributed by atoms with E-state index in [0.717, 1.165) is 56.6 Å². The second kappa shape index (κ2) is 12.5. The van der Waals surface area contributed by atoms with Gasteiger partial charge in [-0.3, -0.25) is 9.89 Å². The Morgan fingerprint density at radius 2 is 2.13 bits per heavy atom. The number of likely N-dealkylation sites (tertiary alicyclic amines) is 1. The molecule has 1 fully saturated rings. The second-order valence-corrected chi connectivity index (χ2v) is 8.94. The van der Waals surface area contributed by atoms with E-state index in [9.17, 15) is 0 Å². The molecule has 0 saturated carbocycles. The van der Waals surface area contributed by atoms with Crippen LogP contribution < -0.4 is 20.1 Å². The van der Waals surface area contributed by atoms with E-state index in [1.807, 2.05) is 17.4 Å². The number of piperidine rings is 1. The highest BCUT2D eigenvalue weighted by Gasteiger charge is 2.20. The molecule has 2 aliphatic heterocycles. The molecule has 4 rings (SSSR count). The van der Waals surface area contributed by atoms with E-state index < -0.39 is 0 Å². The van der Waals surface area contributed by atoms with Crippen LogP contribution in [-0.2, 0) is 13.0 Å². The molecule has 8 heteroatoms. The van der Waals surface area contributed by atoms with Crippen LogP contribution in [0.2, 0.25) is 0 Å². The van der Waals surface area contributed by atoms with Crippen LogP contribution in [0.25, 0.3) is 0 Å². The zero-order valence-electron chi connectivity index (χ0n) is 18.1. The van der Waals surface area contributed by atoms with E-state index in [1.165, 1.54) is 29.8 Å². The third-order valence-electron chi connectivity index (χ3n) is 5.56. The number of aliphatic imine (C=N–C) groups is 1. The largest absolute Gasteiger partial charge is 0.454 e. The van der Waals surface area contributed by atoms with Crippen LogP contribution in [0.15, 0.2) is 40.7 Å². The Morgan fingerprint density at radius 3 is 2.97 bits per heavy atom. The first-order valence-electron chi connectivity index (χ1n) is 11.0. The predicted molar refractivity (Wildman–Crippen MR) is 138 cm³/mol. The van der Waals surface area contributed by atoms with Gasteiger partial charge in [-0.1, -0.05) is 12.1 Å². The number of benzene rings is 1. The smallest absolute Gasteiger partial charge is 0.231 e. The Kier molecular flexibility index (Phi) is 9.73. The number of hydrogen-bond acceptors (Lipinski definition) is 5. The van der Waals surface area contributed by atoms with Crippen molar-refractivity contribution < 1.29 is 9.47 Å². The van der Waals surface area contributed by atoms with Gasteiger partial charge < -0.3 is 20.1 Å². The summed E-state index contributed by atoms with van der Waals surface area (Å²) in [5.74, 6) is 3.22. The summed E-state index contributed by atoms with van der Waals surface area (Å²) < 4.78 is 10.9. The number of nitrogens with zero attached hydrogens (tertiary/aromatic N) is 2. The molecular formula is C23H33IN4O2S. The molecule has 0 aliphatic carbocycles. The average Bonchev–Trinajstić information content (AvgIpc) is 3.44. The van der Waals surface area contributed by atoms with Gasteiger partial charge in [-0.05, 0) is 67.8 Å². The summed E-state index contributed by atoms with van der Waals surface area (Å²) in [6.45, 7) is 8.42. The molecule has 2 aliphatic rings. The maximum Gasteiger partial charge on any atom is 0.231 e. The number of ether oxygens (including phenoxy) is 2. The summed E-state index contributed by atoms with van der Waals surface area (Å²) in [5.41, 5.74) is 1.24.